The lowest BCUT2D eigenvalue weighted by molar-refractivity contribution is -0.138. The van der Waals surface area contributed by atoms with Crippen LogP contribution in [0.25, 0.3) is 0 Å². The summed E-state index contributed by atoms with van der Waals surface area (Å²) >= 11 is 0. The lowest BCUT2D eigenvalue weighted by atomic mass is 9.91. The van der Waals surface area contributed by atoms with Crippen LogP contribution in [0.4, 0.5) is 0 Å². The first-order valence-corrected chi connectivity index (χ1v) is 5.02. The summed E-state index contributed by atoms with van der Waals surface area (Å²) in [6.45, 7) is 4.88. The molecule has 1 saturated carbocycles. The molecule has 0 radical (unpaired) electrons. The van der Waals surface area contributed by atoms with E-state index in [2.05, 4.69) is 5.32 Å². The molecule has 0 saturated heterocycles. The van der Waals surface area contributed by atoms with Crippen LogP contribution in [-0.4, -0.2) is 23.2 Å². The summed E-state index contributed by atoms with van der Waals surface area (Å²) in [7, 11) is 0. The highest BCUT2D eigenvalue weighted by Gasteiger charge is 2.34. The van der Waals surface area contributed by atoms with Gasteiger partial charge in [0.05, 0.1) is 6.42 Å². The zero-order valence-corrected chi connectivity index (χ0v) is 8.47. The third-order valence-corrected chi connectivity index (χ3v) is 2.58. The van der Waals surface area contributed by atoms with E-state index in [9.17, 15) is 4.79 Å². The van der Waals surface area contributed by atoms with Gasteiger partial charge in [-0.05, 0) is 25.8 Å². The number of rotatable bonds is 6. The van der Waals surface area contributed by atoms with Crippen molar-refractivity contribution in [3.8, 4) is 0 Å². The van der Waals surface area contributed by atoms with Gasteiger partial charge in [0.1, 0.15) is 0 Å². The SMILES string of the molecule is CCNC(C)(CC(=O)O)CC1CC1. The normalized spacial score (nSPS) is 21.1. The molecular weight excluding hydrogens is 166 g/mol. The van der Waals surface area contributed by atoms with E-state index in [1.807, 2.05) is 13.8 Å². The first kappa shape index (κ1) is 10.5. The molecule has 1 unspecified atom stereocenters. The van der Waals surface area contributed by atoms with Crippen LogP contribution in [0, 0.1) is 5.92 Å². The van der Waals surface area contributed by atoms with E-state index >= 15 is 0 Å². The Morgan fingerprint density at radius 2 is 2.23 bits per heavy atom. The van der Waals surface area contributed by atoms with Gasteiger partial charge in [-0.3, -0.25) is 4.79 Å². The van der Waals surface area contributed by atoms with Crippen LogP contribution in [0.15, 0.2) is 0 Å². The van der Waals surface area contributed by atoms with Gasteiger partial charge in [-0.25, -0.2) is 0 Å². The number of nitrogens with one attached hydrogen (secondary N) is 1. The lowest BCUT2D eigenvalue weighted by Crippen LogP contribution is -2.44. The van der Waals surface area contributed by atoms with E-state index < -0.39 is 5.97 Å². The topological polar surface area (TPSA) is 49.3 Å². The fourth-order valence-electron chi connectivity index (χ4n) is 1.93. The Balaban J connectivity index is 2.44. The van der Waals surface area contributed by atoms with Crippen LogP contribution in [0.3, 0.4) is 0 Å². The molecule has 0 aromatic carbocycles. The van der Waals surface area contributed by atoms with Gasteiger partial charge in [-0.1, -0.05) is 19.8 Å². The highest BCUT2D eigenvalue weighted by atomic mass is 16.4. The van der Waals surface area contributed by atoms with Gasteiger partial charge in [0, 0.05) is 5.54 Å². The summed E-state index contributed by atoms with van der Waals surface area (Å²) in [6.07, 6.45) is 3.80. The van der Waals surface area contributed by atoms with Crippen LogP contribution >= 0.6 is 0 Å². The third kappa shape index (κ3) is 3.77. The minimum absolute atomic E-state index is 0.193. The average Bonchev–Trinajstić information content (AvgIpc) is 2.68. The second kappa shape index (κ2) is 4.09. The molecule has 1 fully saturated rings. The van der Waals surface area contributed by atoms with Crippen molar-refractivity contribution in [2.75, 3.05) is 6.54 Å². The molecule has 76 valence electrons. The standard InChI is InChI=1S/C10H19NO2/c1-3-11-10(2,7-9(12)13)6-8-4-5-8/h8,11H,3-7H2,1-2H3,(H,12,13). The second-order valence-electron chi connectivity index (χ2n) is 4.31. The van der Waals surface area contributed by atoms with Gasteiger partial charge < -0.3 is 10.4 Å². The van der Waals surface area contributed by atoms with E-state index in [1.165, 1.54) is 12.8 Å². The van der Waals surface area contributed by atoms with E-state index in [1.54, 1.807) is 0 Å². The summed E-state index contributed by atoms with van der Waals surface area (Å²) in [5, 5.41) is 12.0. The fraction of sp³-hybridized carbons (Fsp3) is 0.900. The Hall–Kier alpha value is -0.570. The molecule has 1 aliphatic rings. The van der Waals surface area contributed by atoms with Crippen LogP contribution in [0.2, 0.25) is 0 Å². The number of carboxylic acids is 1. The second-order valence-corrected chi connectivity index (χ2v) is 4.31. The quantitative estimate of drug-likeness (QED) is 0.661. The Kier molecular flexibility index (Phi) is 3.31. The minimum Gasteiger partial charge on any atom is -0.481 e. The molecule has 0 aromatic heterocycles. The largest absolute Gasteiger partial charge is 0.481 e. The monoisotopic (exact) mass is 185 g/mol. The molecular formula is C10H19NO2. The molecule has 0 amide bonds. The number of hydrogen-bond acceptors (Lipinski definition) is 2. The number of carboxylic acid groups (broad SMARTS) is 1. The Bertz CT molecular complexity index is 189. The molecule has 1 aliphatic carbocycles. The highest BCUT2D eigenvalue weighted by molar-refractivity contribution is 5.68. The molecule has 0 spiro atoms. The van der Waals surface area contributed by atoms with Crippen molar-refractivity contribution in [2.45, 2.75) is 45.1 Å². The molecule has 0 heterocycles. The lowest BCUT2D eigenvalue weighted by Gasteiger charge is -2.29. The van der Waals surface area contributed by atoms with E-state index in [0.717, 1.165) is 18.9 Å². The Morgan fingerprint density at radius 1 is 1.62 bits per heavy atom. The van der Waals surface area contributed by atoms with E-state index in [0.29, 0.717) is 0 Å². The molecule has 1 atom stereocenters. The minimum atomic E-state index is -0.705. The Labute approximate surface area is 79.5 Å². The predicted octanol–water partition coefficient (Wildman–Crippen LogP) is 1.63. The predicted molar refractivity (Wildman–Crippen MR) is 51.7 cm³/mol. The van der Waals surface area contributed by atoms with E-state index in [4.69, 9.17) is 5.11 Å². The van der Waals surface area contributed by atoms with Gasteiger partial charge in [-0.2, -0.15) is 0 Å². The maximum atomic E-state index is 10.7. The molecule has 0 aromatic rings. The molecule has 0 aliphatic heterocycles. The van der Waals surface area contributed by atoms with Gasteiger partial charge in [-0.15, -0.1) is 0 Å². The van der Waals surface area contributed by atoms with Crippen molar-refractivity contribution in [2.24, 2.45) is 5.92 Å². The Morgan fingerprint density at radius 3 is 2.62 bits per heavy atom. The van der Waals surface area contributed by atoms with Gasteiger partial charge >= 0.3 is 5.97 Å². The fourth-order valence-corrected chi connectivity index (χ4v) is 1.93. The zero-order chi connectivity index (χ0) is 9.90. The van der Waals surface area contributed by atoms with Crippen LogP contribution in [-0.2, 0) is 4.79 Å². The molecule has 1 rings (SSSR count). The van der Waals surface area contributed by atoms with Crippen molar-refractivity contribution in [1.29, 1.82) is 0 Å². The maximum absolute atomic E-state index is 10.7. The molecule has 13 heavy (non-hydrogen) atoms. The number of carbonyl (C=O) groups is 1. The van der Waals surface area contributed by atoms with Crippen LogP contribution in [0.1, 0.15) is 39.5 Å². The molecule has 3 nitrogen and oxygen atoms in total. The number of aliphatic carboxylic acids is 1. The van der Waals surface area contributed by atoms with Crippen molar-refractivity contribution < 1.29 is 9.90 Å². The summed E-state index contributed by atoms with van der Waals surface area (Å²) in [5.41, 5.74) is -0.193. The van der Waals surface area contributed by atoms with Crippen LogP contribution in [0.5, 0.6) is 0 Å². The summed E-state index contributed by atoms with van der Waals surface area (Å²) in [5.74, 6) is 0.0625. The summed E-state index contributed by atoms with van der Waals surface area (Å²) in [6, 6.07) is 0. The van der Waals surface area contributed by atoms with Crippen LogP contribution < -0.4 is 5.32 Å². The van der Waals surface area contributed by atoms with Gasteiger partial charge in [0.25, 0.3) is 0 Å². The average molecular weight is 185 g/mol. The first-order valence-electron chi connectivity index (χ1n) is 5.02. The van der Waals surface area contributed by atoms with E-state index in [-0.39, 0.29) is 12.0 Å². The summed E-state index contributed by atoms with van der Waals surface area (Å²) < 4.78 is 0. The van der Waals surface area contributed by atoms with Crippen molar-refractivity contribution >= 4 is 5.97 Å². The highest BCUT2D eigenvalue weighted by Crippen LogP contribution is 2.37. The molecule has 3 heteroatoms. The van der Waals surface area contributed by atoms with Crippen molar-refractivity contribution in [3.05, 3.63) is 0 Å². The van der Waals surface area contributed by atoms with Crippen molar-refractivity contribution in [3.63, 3.8) is 0 Å². The maximum Gasteiger partial charge on any atom is 0.305 e. The van der Waals surface area contributed by atoms with Gasteiger partial charge in [0.15, 0.2) is 0 Å². The summed E-state index contributed by atoms with van der Waals surface area (Å²) in [4.78, 5) is 10.7. The molecule has 2 N–H and O–H groups in total. The smallest absolute Gasteiger partial charge is 0.305 e. The number of hydrogen-bond donors (Lipinski definition) is 2. The molecule has 0 bridgehead atoms. The van der Waals surface area contributed by atoms with Gasteiger partial charge in [0.2, 0.25) is 0 Å². The zero-order valence-electron chi connectivity index (χ0n) is 8.47. The third-order valence-electron chi connectivity index (χ3n) is 2.58. The first-order chi connectivity index (χ1) is 6.06. The van der Waals surface area contributed by atoms with Crippen molar-refractivity contribution in [1.82, 2.24) is 5.32 Å².